The Kier molecular flexibility index (Phi) is 17.4. The maximum absolute atomic E-state index is 5.20. The number of nitrogens with zero attached hydrogens (tertiary/aromatic N) is 1. The second-order valence-electron chi connectivity index (χ2n) is 13.7. The molecule has 4 unspecified atom stereocenters. The monoisotopic (exact) mass is 834 g/mol. The number of halogens is 4. The van der Waals surface area contributed by atoms with Crippen molar-refractivity contribution in [2.75, 3.05) is 4.98 Å². The van der Waals surface area contributed by atoms with Crippen LogP contribution in [0.3, 0.4) is 0 Å². The van der Waals surface area contributed by atoms with Crippen molar-refractivity contribution < 1.29 is 17.0 Å². The molecule has 1 saturated carbocycles. The first-order chi connectivity index (χ1) is 19.9. The van der Waals surface area contributed by atoms with E-state index in [4.69, 9.17) is 23.6 Å². The summed E-state index contributed by atoms with van der Waals surface area (Å²) in [5.74, 6) is 3.23. The van der Waals surface area contributed by atoms with Crippen LogP contribution in [0.2, 0.25) is 37.3 Å². The van der Waals surface area contributed by atoms with Crippen molar-refractivity contribution >= 4 is 78.3 Å². The molecule has 44 heavy (non-hydrogen) atoms. The second-order valence-corrected chi connectivity index (χ2v) is 26.6. The molecule has 0 aliphatic heterocycles. The van der Waals surface area contributed by atoms with E-state index < -0.39 is 33.5 Å². The number of anilines is 1. The van der Waals surface area contributed by atoms with Gasteiger partial charge in [-0.15, -0.1) is 5.69 Å². The van der Waals surface area contributed by atoms with E-state index in [0.29, 0.717) is 5.54 Å². The van der Waals surface area contributed by atoms with E-state index in [2.05, 4.69) is 167 Å². The number of allylic oxidation sites excluding steroid dienone is 4. The summed E-state index contributed by atoms with van der Waals surface area (Å²) in [6, 6.07) is 17.0. The molecule has 0 bridgehead atoms. The first-order valence-electron chi connectivity index (χ1n) is 15.2. The molecule has 2 aromatic rings. The summed E-state index contributed by atoms with van der Waals surface area (Å²) in [6.07, 6.45) is 0. The average molecular weight is 838 g/mol. The molecule has 0 heterocycles. The number of hydrogen-bond acceptors (Lipinski definition) is 1. The van der Waals surface area contributed by atoms with Gasteiger partial charge in [0.15, 0.2) is 8.24 Å². The van der Waals surface area contributed by atoms with Gasteiger partial charge in [0.05, 0.1) is 0 Å². The Labute approximate surface area is 306 Å². The summed E-state index contributed by atoms with van der Waals surface area (Å²) in [6.45, 7) is 28.6. The minimum absolute atomic E-state index is 0. The predicted molar refractivity (Wildman–Crippen MR) is 209 cm³/mol. The van der Waals surface area contributed by atoms with Gasteiger partial charge in [0.1, 0.15) is 0 Å². The van der Waals surface area contributed by atoms with Crippen LogP contribution in [0.4, 0.5) is 11.4 Å². The second kappa shape index (κ2) is 18.1. The predicted octanol–water partition coefficient (Wildman–Crippen LogP) is 14.5. The van der Waals surface area contributed by atoms with Crippen molar-refractivity contribution in [3.05, 3.63) is 92.2 Å². The standard InChI is InChI=1S/C17H27BrNSi.C17H24BrNSi.CH3.2ClH.Ti/c2*1-11-12(2)14(4)17(13(11)3)20(5,6)19-16-9-7-15(18)8-10-16;;;;/h7-14,17H,1-6H3;7-10,17,19H,1-6H3;1H3;2*1H;/q-1;;-1;;;+2/p-2. The van der Waals surface area contributed by atoms with Crippen LogP contribution in [0.15, 0.2) is 79.8 Å². The molecule has 1 fully saturated rings. The summed E-state index contributed by atoms with van der Waals surface area (Å²) >= 11 is 6.44. The topological polar surface area (TPSA) is 26.1 Å². The van der Waals surface area contributed by atoms with E-state index in [1.54, 1.807) is 11.1 Å². The van der Waals surface area contributed by atoms with Crippen molar-refractivity contribution in [3.63, 3.8) is 0 Å². The Morgan fingerprint density at radius 2 is 1.05 bits per heavy atom. The van der Waals surface area contributed by atoms with E-state index in [-0.39, 0.29) is 7.43 Å². The van der Waals surface area contributed by atoms with Crippen molar-refractivity contribution in [1.29, 1.82) is 0 Å². The van der Waals surface area contributed by atoms with Gasteiger partial charge in [0, 0.05) is 20.2 Å². The van der Waals surface area contributed by atoms with Gasteiger partial charge >= 0.3 is 35.6 Å². The van der Waals surface area contributed by atoms with Gasteiger partial charge in [-0.3, -0.25) is 0 Å². The molecule has 246 valence electrons. The molecular weight excluding hydrogens is 783 g/mol. The van der Waals surface area contributed by atoms with Crippen LogP contribution < -0.4 is 4.98 Å². The summed E-state index contributed by atoms with van der Waals surface area (Å²) in [7, 11) is 6.53. The molecule has 9 heteroatoms. The zero-order chi connectivity index (χ0) is 32.9. The number of hydrogen-bond donors (Lipinski definition) is 1. The van der Waals surface area contributed by atoms with Crippen LogP contribution in [0, 0.1) is 31.1 Å². The van der Waals surface area contributed by atoms with Gasteiger partial charge in [-0.05, 0) is 107 Å². The van der Waals surface area contributed by atoms with Gasteiger partial charge in [-0.2, -0.15) is 0 Å². The van der Waals surface area contributed by atoms with Crippen LogP contribution in [0.1, 0.15) is 55.4 Å². The zero-order valence-corrected chi connectivity index (χ0v) is 37.3. The van der Waals surface area contributed by atoms with Gasteiger partial charge in [-0.1, -0.05) is 115 Å². The first-order valence-corrected chi connectivity index (χ1v) is 27.2. The van der Waals surface area contributed by atoms with Crippen LogP contribution in [0.25, 0.3) is 4.98 Å². The van der Waals surface area contributed by atoms with Crippen molar-refractivity contribution in [3.8, 4) is 0 Å². The Balaban J connectivity index is 0.000000396. The fourth-order valence-electron chi connectivity index (χ4n) is 7.71. The minimum atomic E-state index is -1.63. The zero-order valence-electron chi connectivity index (χ0n) is 29.0. The molecule has 0 saturated heterocycles. The molecule has 0 amide bonds. The van der Waals surface area contributed by atoms with E-state index >= 15 is 0 Å². The molecular formula is C35H54Br2Cl2N2Si2Ti-2. The van der Waals surface area contributed by atoms with E-state index in [0.717, 1.165) is 43.8 Å². The third kappa shape index (κ3) is 10.6. The Morgan fingerprint density at radius 1 is 0.682 bits per heavy atom. The molecule has 4 atom stereocenters. The SMILES string of the molecule is CC1=C(C)C([Si](C)(C)Nc2ccc(Br)cc2)C(C)=C1C.CC1C(C)C(C)C([Si](C)(C)[N-]c2ccc(Br)cc2)C1C.[CH3-].[Cl][Ti][Cl]. The molecule has 2 aromatic carbocycles. The van der Waals surface area contributed by atoms with E-state index in [1.165, 1.54) is 16.8 Å². The Hall–Kier alpha value is 0.208. The van der Waals surface area contributed by atoms with Crippen LogP contribution in [0.5, 0.6) is 0 Å². The molecule has 2 nitrogen and oxygen atoms in total. The average Bonchev–Trinajstić information content (AvgIpc) is 3.25. The van der Waals surface area contributed by atoms with Crippen molar-refractivity contribution in [2.45, 2.75) is 92.7 Å². The summed E-state index contributed by atoms with van der Waals surface area (Å²) in [5, 5.41) is 0. The number of benzene rings is 2. The first kappa shape index (κ1) is 42.2. The molecule has 0 spiro atoms. The number of rotatable bonds is 6. The van der Waals surface area contributed by atoms with Gasteiger partial charge < -0.3 is 17.4 Å². The van der Waals surface area contributed by atoms with Crippen molar-refractivity contribution in [1.82, 2.24) is 0 Å². The molecule has 1 N–H and O–H groups in total. The van der Waals surface area contributed by atoms with E-state index in [1.807, 2.05) is 0 Å². The molecule has 0 aromatic heterocycles. The fourth-order valence-corrected chi connectivity index (χ4v) is 16.0. The third-order valence-electron chi connectivity index (χ3n) is 10.3. The summed E-state index contributed by atoms with van der Waals surface area (Å²) in [4.78, 5) is 9.04. The van der Waals surface area contributed by atoms with Gasteiger partial charge in [0.25, 0.3) is 0 Å². The van der Waals surface area contributed by atoms with E-state index in [9.17, 15) is 0 Å². The van der Waals surface area contributed by atoms with Gasteiger partial charge in [-0.25, -0.2) is 0 Å². The summed E-state index contributed by atoms with van der Waals surface area (Å²) in [5.41, 5.74) is 9.87. The molecule has 4 rings (SSSR count). The van der Waals surface area contributed by atoms with Crippen LogP contribution in [-0.2, 0) is 17.0 Å². The molecule has 0 radical (unpaired) electrons. The number of nitrogens with one attached hydrogen (secondary N) is 1. The van der Waals surface area contributed by atoms with Gasteiger partial charge in [0.2, 0.25) is 0 Å². The Bertz CT molecular complexity index is 1230. The summed E-state index contributed by atoms with van der Waals surface area (Å²) < 4.78 is 2.25. The third-order valence-corrected chi connectivity index (χ3v) is 18.1. The molecule has 2 aliphatic carbocycles. The van der Waals surface area contributed by atoms with Crippen LogP contribution in [-0.4, -0.2) is 16.5 Å². The Morgan fingerprint density at radius 3 is 1.43 bits per heavy atom. The quantitative estimate of drug-likeness (QED) is 0.228. The molecule has 2 aliphatic rings. The fraction of sp³-hybridized carbons (Fsp3) is 0.514. The van der Waals surface area contributed by atoms with Crippen LogP contribution >= 0.6 is 50.5 Å². The normalized spacial score (nSPS) is 23.7. The van der Waals surface area contributed by atoms with Crippen molar-refractivity contribution in [2.24, 2.45) is 23.7 Å². The maximum atomic E-state index is 5.20.